The highest BCUT2D eigenvalue weighted by atomic mass is 28.4. The van der Waals surface area contributed by atoms with Gasteiger partial charge < -0.3 is 19.7 Å². The number of benzene rings is 2. The average Bonchev–Trinajstić information content (AvgIpc) is 3.25. The van der Waals surface area contributed by atoms with Gasteiger partial charge in [-0.15, -0.1) is 0 Å². The molecule has 2 amide bonds. The summed E-state index contributed by atoms with van der Waals surface area (Å²) in [5.74, 6) is -0.708. The van der Waals surface area contributed by atoms with Crippen molar-refractivity contribution in [1.29, 1.82) is 0 Å². The number of primary amides is 1. The quantitative estimate of drug-likeness (QED) is 0.152. The van der Waals surface area contributed by atoms with Crippen LogP contribution in [0, 0.1) is 0 Å². The molecular weight excluding hydrogens is 534 g/mol. The van der Waals surface area contributed by atoms with E-state index in [9.17, 15) is 9.59 Å². The molecule has 0 radical (unpaired) electrons. The Morgan fingerprint density at radius 1 is 1.05 bits per heavy atom. The molecular formula is C32H45N3O5Si. The third-order valence-electron chi connectivity index (χ3n) is 8.55. The number of unbranched alkanes of at least 4 members (excludes halogenated alkanes) is 1. The molecule has 9 heteroatoms. The third-order valence-corrected chi connectivity index (χ3v) is 13.0. The highest BCUT2D eigenvalue weighted by molar-refractivity contribution is 6.74. The average molecular weight is 580 g/mol. The van der Waals surface area contributed by atoms with Gasteiger partial charge in [0.1, 0.15) is 12.6 Å². The summed E-state index contributed by atoms with van der Waals surface area (Å²) in [4.78, 5) is 33.6. The molecule has 0 saturated carbocycles. The summed E-state index contributed by atoms with van der Waals surface area (Å²) in [6, 6.07) is 15.1. The Hall–Kier alpha value is -2.98. The van der Waals surface area contributed by atoms with Crippen molar-refractivity contribution in [3.63, 3.8) is 0 Å². The van der Waals surface area contributed by atoms with Crippen molar-refractivity contribution in [1.82, 2.24) is 10.4 Å². The van der Waals surface area contributed by atoms with Gasteiger partial charge in [-0.2, -0.15) is 5.48 Å². The van der Waals surface area contributed by atoms with E-state index >= 15 is 0 Å². The van der Waals surface area contributed by atoms with E-state index in [0.717, 1.165) is 35.1 Å². The molecule has 0 bridgehead atoms. The molecule has 4 rings (SSSR count). The third kappa shape index (κ3) is 6.92. The number of fused-ring (bicyclic) bond motifs is 3. The molecule has 0 aromatic heterocycles. The van der Waals surface area contributed by atoms with Crippen LogP contribution in [0.15, 0.2) is 60.2 Å². The lowest BCUT2D eigenvalue weighted by molar-refractivity contribution is -0.122. The van der Waals surface area contributed by atoms with Gasteiger partial charge in [-0.05, 0) is 52.4 Å². The Morgan fingerprint density at radius 2 is 1.66 bits per heavy atom. The van der Waals surface area contributed by atoms with Crippen molar-refractivity contribution in [2.24, 2.45) is 5.73 Å². The number of hydrogen-bond donors (Lipinski definition) is 2. The molecule has 2 aromatic rings. The SMILES string of the molecule is CCCCON[C@@H]1C=C(CO[Si](C)(C)C(C)(C)C)C(C(N)=O)N(C(=O)OCC2c3ccccc3-c3ccccc32)C1. The van der Waals surface area contributed by atoms with Gasteiger partial charge >= 0.3 is 6.09 Å². The maximum atomic E-state index is 13.7. The lowest BCUT2D eigenvalue weighted by Crippen LogP contribution is -2.57. The van der Waals surface area contributed by atoms with Crippen LogP contribution in [0.1, 0.15) is 57.6 Å². The van der Waals surface area contributed by atoms with Crippen LogP contribution >= 0.6 is 0 Å². The van der Waals surface area contributed by atoms with Crippen molar-refractivity contribution >= 4 is 20.3 Å². The Bertz CT molecular complexity index is 1230. The second-order valence-electron chi connectivity index (χ2n) is 12.5. The second kappa shape index (κ2) is 12.9. The Labute approximate surface area is 245 Å². The minimum absolute atomic E-state index is 0.0160. The first-order valence-electron chi connectivity index (χ1n) is 14.6. The first-order chi connectivity index (χ1) is 19.4. The predicted molar refractivity (Wildman–Crippen MR) is 164 cm³/mol. The molecule has 1 aliphatic carbocycles. The van der Waals surface area contributed by atoms with Gasteiger partial charge in [0.2, 0.25) is 5.91 Å². The van der Waals surface area contributed by atoms with Crippen LogP contribution in [0.4, 0.5) is 4.79 Å². The highest BCUT2D eigenvalue weighted by Gasteiger charge is 2.42. The van der Waals surface area contributed by atoms with Gasteiger partial charge in [0.15, 0.2) is 8.32 Å². The molecule has 0 fully saturated rings. The molecule has 3 N–H and O–H groups in total. The largest absolute Gasteiger partial charge is 0.448 e. The number of nitrogens with zero attached hydrogens (tertiary/aromatic N) is 1. The van der Waals surface area contributed by atoms with E-state index in [1.807, 2.05) is 30.3 Å². The molecule has 0 spiro atoms. The molecule has 8 nitrogen and oxygen atoms in total. The zero-order chi connectivity index (χ0) is 29.8. The monoisotopic (exact) mass is 579 g/mol. The first-order valence-corrected chi connectivity index (χ1v) is 17.5. The summed E-state index contributed by atoms with van der Waals surface area (Å²) in [5, 5.41) is -0.0160. The van der Waals surface area contributed by atoms with Crippen LogP contribution in [0.25, 0.3) is 11.1 Å². The fourth-order valence-corrected chi connectivity index (χ4v) is 6.13. The molecule has 0 saturated heterocycles. The molecule has 1 heterocycles. The Balaban J connectivity index is 1.55. The number of nitrogens with two attached hydrogens (primary N) is 1. The zero-order valence-corrected chi connectivity index (χ0v) is 26.2. The van der Waals surface area contributed by atoms with E-state index in [1.54, 1.807) is 0 Å². The van der Waals surface area contributed by atoms with E-state index in [-0.39, 0.29) is 36.8 Å². The maximum absolute atomic E-state index is 13.7. The lowest BCUT2D eigenvalue weighted by atomic mass is 9.97. The van der Waals surface area contributed by atoms with Crippen LogP contribution in [0.2, 0.25) is 18.1 Å². The minimum atomic E-state index is -2.14. The predicted octanol–water partition coefficient (Wildman–Crippen LogP) is 5.74. The van der Waals surface area contributed by atoms with E-state index in [2.05, 4.69) is 70.5 Å². The van der Waals surface area contributed by atoms with E-state index in [1.165, 1.54) is 4.90 Å². The Kier molecular flexibility index (Phi) is 9.74. The van der Waals surface area contributed by atoms with Crippen LogP contribution < -0.4 is 11.2 Å². The summed E-state index contributed by atoms with van der Waals surface area (Å²) in [5.41, 5.74) is 14.2. The standard InChI is InChI=1S/C32H45N3O5Si/c1-7-8-17-39-34-23-18-22(20-40-41(5,6)32(2,3)4)29(30(33)36)35(19-23)31(37)38-21-28-26-15-11-9-13-24(26)25-14-10-12-16-27(25)28/h9-16,18,23,28-29,34H,7-8,17,19-21H2,1-6H3,(H2,33,36)/t23-,29?/m1/s1. The van der Waals surface area contributed by atoms with E-state index in [0.29, 0.717) is 12.2 Å². The number of carbonyl (C=O) groups is 2. The number of carbonyl (C=O) groups excluding carboxylic acids is 2. The molecule has 2 atom stereocenters. The van der Waals surface area contributed by atoms with Crippen molar-refractivity contribution < 1.29 is 23.6 Å². The number of hydroxylamine groups is 1. The zero-order valence-electron chi connectivity index (χ0n) is 25.2. The molecule has 41 heavy (non-hydrogen) atoms. The van der Waals surface area contributed by atoms with Crippen molar-refractivity contribution in [3.8, 4) is 11.1 Å². The first kappa shape index (κ1) is 31.0. The number of nitrogens with one attached hydrogen (secondary N) is 1. The molecule has 2 aromatic carbocycles. The van der Waals surface area contributed by atoms with Crippen LogP contribution in [-0.2, 0) is 18.8 Å². The summed E-state index contributed by atoms with van der Waals surface area (Å²) < 4.78 is 12.4. The summed E-state index contributed by atoms with van der Waals surface area (Å²) in [7, 11) is -2.14. The minimum Gasteiger partial charge on any atom is -0.448 e. The fourth-order valence-electron chi connectivity index (χ4n) is 5.17. The number of hydrogen-bond acceptors (Lipinski definition) is 6. The topological polar surface area (TPSA) is 103 Å². The van der Waals surface area contributed by atoms with Crippen molar-refractivity contribution in [3.05, 3.63) is 71.3 Å². The van der Waals surface area contributed by atoms with Crippen LogP contribution in [-0.4, -0.2) is 63.7 Å². The van der Waals surface area contributed by atoms with E-state index < -0.39 is 26.4 Å². The maximum Gasteiger partial charge on any atom is 0.410 e. The molecule has 1 aliphatic heterocycles. The normalized spacial score (nSPS) is 19.0. The molecule has 2 aliphatic rings. The van der Waals surface area contributed by atoms with Gasteiger partial charge in [0.25, 0.3) is 0 Å². The second-order valence-corrected chi connectivity index (χ2v) is 17.3. The smallest absolute Gasteiger partial charge is 0.410 e. The fraction of sp³-hybridized carbons (Fsp3) is 0.500. The summed E-state index contributed by atoms with van der Waals surface area (Å²) in [6.45, 7) is 14.0. The van der Waals surface area contributed by atoms with Gasteiger partial charge in [0, 0.05) is 12.5 Å². The highest BCUT2D eigenvalue weighted by Crippen LogP contribution is 2.44. The molecule has 222 valence electrons. The van der Waals surface area contributed by atoms with Gasteiger partial charge in [-0.25, -0.2) is 4.79 Å². The van der Waals surface area contributed by atoms with Gasteiger partial charge in [0.05, 0.1) is 19.3 Å². The summed E-state index contributed by atoms with van der Waals surface area (Å²) in [6.07, 6.45) is 3.24. The van der Waals surface area contributed by atoms with Crippen molar-refractivity contribution in [2.75, 3.05) is 26.4 Å². The van der Waals surface area contributed by atoms with Crippen LogP contribution in [0.3, 0.4) is 0 Å². The molecule has 1 unspecified atom stereocenters. The van der Waals surface area contributed by atoms with Gasteiger partial charge in [-0.1, -0.05) is 88.7 Å². The number of ether oxygens (including phenoxy) is 1. The van der Waals surface area contributed by atoms with Crippen LogP contribution in [0.5, 0.6) is 0 Å². The van der Waals surface area contributed by atoms with Crippen molar-refractivity contribution in [2.45, 2.75) is 76.7 Å². The Morgan fingerprint density at radius 3 is 2.22 bits per heavy atom. The van der Waals surface area contributed by atoms with E-state index in [4.69, 9.17) is 19.7 Å². The number of rotatable bonds is 11. The van der Waals surface area contributed by atoms with Gasteiger partial charge in [-0.3, -0.25) is 9.69 Å². The number of amides is 2. The summed E-state index contributed by atoms with van der Waals surface area (Å²) >= 11 is 0. The lowest BCUT2D eigenvalue weighted by Gasteiger charge is -2.40.